The smallest absolute Gasteiger partial charge is 0.172 e. The maximum absolute atomic E-state index is 10.7. The van der Waals surface area contributed by atoms with Crippen molar-refractivity contribution in [3.8, 4) is 0 Å². The average molecular weight is 259 g/mol. The van der Waals surface area contributed by atoms with Crippen LogP contribution in [-0.4, -0.2) is 30.2 Å². The second kappa shape index (κ2) is 7.05. The van der Waals surface area contributed by atoms with Crippen LogP contribution in [0.4, 0.5) is 0 Å². The summed E-state index contributed by atoms with van der Waals surface area (Å²) in [6.07, 6.45) is 4.58. The first-order chi connectivity index (χ1) is 9.17. The molecule has 0 aliphatic carbocycles. The molecule has 0 aliphatic heterocycles. The number of aldehydes is 1. The minimum Gasteiger partial charge on any atom is -0.402 e. The molecule has 0 aliphatic rings. The van der Waals surface area contributed by atoms with E-state index in [1.165, 1.54) is 0 Å². The van der Waals surface area contributed by atoms with E-state index >= 15 is 0 Å². The van der Waals surface area contributed by atoms with Gasteiger partial charge in [-0.05, 0) is 12.5 Å². The summed E-state index contributed by atoms with van der Waals surface area (Å²) in [4.78, 5) is 18.8. The van der Waals surface area contributed by atoms with Crippen molar-refractivity contribution in [3.63, 3.8) is 0 Å². The van der Waals surface area contributed by atoms with Crippen molar-refractivity contribution in [2.75, 3.05) is 7.05 Å². The molecule has 19 heavy (non-hydrogen) atoms. The van der Waals surface area contributed by atoms with Crippen LogP contribution in [0.1, 0.15) is 24.6 Å². The summed E-state index contributed by atoms with van der Waals surface area (Å²) in [5, 5.41) is 3.36. The SMILES string of the molecule is CC/C(N)=C(/C=NC)c1ccc(/C(C=O)=N\N)nc1. The number of pyridine rings is 1. The van der Waals surface area contributed by atoms with Crippen LogP contribution < -0.4 is 11.6 Å². The number of carbonyl (C=O) groups excluding carboxylic acids is 1. The number of hydrogen-bond donors (Lipinski definition) is 2. The van der Waals surface area contributed by atoms with Crippen LogP contribution in [0.2, 0.25) is 0 Å². The quantitative estimate of drug-likeness (QED) is 0.351. The number of hydrazone groups is 1. The fourth-order valence-corrected chi connectivity index (χ4v) is 1.52. The molecule has 0 atom stereocenters. The van der Waals surface area contributed by atoms with Crippen molar-refractivity contribution in [1.82, 2.24) is 4.98 Å². The van der Waals surface area contributed by atoms with Crippen molar-refractivity contribution in [2.45, 2.75) is 13.3 Å². The van der Waals surface area contributed by atoms with Gasteiger partial charge in [0.25, 0.3) is 0 Å². The highest BCUT2D eigenvalue weighted by molar-refractivity contribution is 6.35. The molecule has 0 fully saturated rings. The molecule has 0 aromatic carbocycles. The van der Waals surface area contributed by atoms with E-state index in [4.69, 9.17) is 11.6 Å². The molecule has 1 heterocycles. The lowest BCUT2D eigenvalue weighted by atomic mass is 10.0. The van der Waals surface area contributed by atoms with E-state index in [0.717, 1.165) is 16.8 Å². The summed E-state index contributed by atoms with van der Waals surface area (Å²) in [5.41, 5.74) is 8.84. The Labute approximate surface area is 111 Å². The molecule has 1 aromatic rings. The molecule has 0 saturated heterocycles. The third-order valence-corrected chi connectivity index (χ3v) is 2.57. The predicted molar refractivity (Wildman–Crippen MR) is 76.8 cm³/mol. The first-order valence-electron chi connectivity index (χ1n) is 5.78. The molecule has 1 rings (SSSR count). The highest BCUT2D eigenvalue weighted by atomic mass is 16.1. The van der Waals surface area contributed by atoms with Crippen molar-refractivity contribution >= 4 is 23.8 Å². The van der Waals surface area contributed by atoms with Gasteiger partial charge in [-0.25, -0.2) is 0 Å². The van der Waals surface area contributed by atoms with Gasteiger partial charge in [0, 0.05) is 36.3 Å². The lowest BCUT2D eigenvalue weighted by Gasteiger charge is -2.07. The summed E-state index contributed by atoms with van der Waals surface area (Å²) >= 11 is 0. The predicted octanol–water partition coefficient (Wildman–Crippen LogP) is 0.724. The molecule has 0 saturated carbocycles. The number of carbonyl (C=O) groups is 1. The first-order valence-corrected chi connectivity index (χ1v) is 5.78. The monoisotopic (exact) mass is 259 g/mol. The number of rotatable bonds is 5. The molecule has 0 radical (unpaired) electrons. The second-order valence-electron chi connectivity index (χ2n) is 3.74. The Morgan fingerprint density at radius 1 is 1.47 bits per heavy atom. The highest BCUT2D eigenvalue weighted by Crippen LogP contribution is 2.16. The van der Waals surface area contributed by atoms with Gasteiger partial charge in [0.1, 0.15) is 5.71 Å². The molecule has 0 unspecified atom stereocenters. The number of aliphatic imine (C=N–C) groups is 1. The molecule has 0 bridgehead atoms. The summed E-state index contributed by atoms with van der Waals surface area (Å²) in [5.74, 6) is 5.10. The minimum absolute atomic E-state index is 0.102. The normalized spacial score (nSPS) is 13.5. The Kier molecular flexibility index (Phi) is 5.40. The Hall–Kier alpha value is -2.50. The average Bonchev–Trinajstić information content (AvgIpc) is 2.46. The van der Waals surface area contributed by atoms with E-state index in [1.54, 1.807) is 31.6 Å². The topological polar surface area (TPSA) is 107 Å². The van der Waals surface area contributed by atoms with E-state index in [1.807, 2.05) is 6.92 Å². The molecule has 0 amide bonds. The van der Waals surface area contributed by atoms with Crippen LogP contribution >= 0.6 is 0 Å². The third-order valence-electron chi connectivity index (χ3n) is 2.57. The van der Waals surface area contributed by atoms with Gasteiger partial charge in [-0.3, -0.25) is 14.8 Å². The van der Waals surface area contributed by atoms with Crippen molar-refractivity contribution in [3.05, 3.63) is 35.3 Å². The molecule has 6 heteroatoms. The van der Waals surface area contributed by atoms with Gasteiger partial charge in [-0.2, -0.15) is 5.10 Å². The zero-order valence-electron chi connectivity index (χ0n) is 11.0. The number of aromatic nitrogens is 1. The number of nitrogens with two attached hydrogens (primary N) is 2. The molecule has 0 spiro atoms. The largest absolute Gasteiger partial charge is 0.402 e. The van der Waals surface area contributed by atoms with Crippen LogP contribution in [0.5, 0.6) is 0 Å². The van der Waals surface area contributed by atoms with Crippen LogP contribution in [0.15, 0.2) is 34.1 Å². The van der Waals surface area contributed by atoms with Gasteiger partial charge in [-0.1, -0.05) is 13.0 Å². The first kappa shape index (κ1) is 14.6. The third kappa shape index (κ3) is 3.48. The van der Waals surface area contributed by atoms with E-state index in [0.29, 0.717) is 18.4 Å². The molecular formula is C13H17N5O. The summed E-state index contributed by atoms with van der Waals surface area (Å²) in [6.45, 7) is 1.96. The number of hydrogen-bond acceptors (Lipinski definition) is 6. The summed E-state index contributed by atoms with van der Waals surface area (Å²) in [7, 11) is 1.68. The van der Waals surface area contributed by atoms with Crippen LogP contribution in [0, 0.1) is 0 Å². The van der Waals surface area contributed by atoms with E-state index in [2.05, 4.69) is 15.1 Å². The van der Waals surface area contributed by atoms with Crippen LogP contribution in [-0.2, 0) is 4.79 Å². The molecule has 4 N–H and O–H groups in total. The van der Waals surface area contributed by atoms with Gasteiger partial charge >= 0.3 is 0 Å². The summed E-state index contributed by atoms with van der Waals surface area (Å²) in [6, 6.07) is 3.47. The Bertz CT molecular complexity index is 528. The van der Waals surface area contributed by atoms with Gasteiger partial charge in [-0.15, -0.1) is 0 Å². The highest BCUT2D eigenvalue weighted by Gasteiger charge is 2.07. The molecular weight excluding hydrogens is 242 g/mol. The fraction of sp³-hybridized carbons (Fsp3) is 0.231. The Morgan fingerprint density at radius 3 is 2.63 bits per heavy atom. The van der Waals surface area contributed by atoms with Crippen molar-refractivity contribution in [1.29, 1.82) is 0 Å². The van der Waals surface area contributed by atoms with E-state index in [-0.39, 0.29) is 5.71 Å². The van der Waals surface area contributed by atoms with E-state index < -0.39 is 0 Å². The zero-order chi connectivity index (χ0) is 14.3. The second-order valence-corrected chi connectivity index (χ2v) is 3.74. The maximum Gasteiger partial charge on any atom is 0.172 e. The fourth-order valence-electron chi connectivity index (χ4n) is 1.52. The number of allylic oxidation sites excluding steroid dienone is 2. The minimum atomic E-state index is 0.102. The zero-order valence-corrected chi connectivity index (χ0v) is 11.0. The van der Waals surface area contributed by atoms with Gasteiger partial charge in [0.05, 0.1) is 5.69 Å². The standard InChI is InChI=1S/C13H17N5O/c1-3-11(14)10(7-16-2)9-4-5-12(17-6-9)13(8-19)18-15/h4-8H,3,14-15H2,1-2H3/b11-10+,16-7?,18-13-. The van der Waals surface area contributed by atoms with Crippen LogP contribution in [0.25, 0.3) is 5.57 Å². The molecule has 1 aromatic heterocycles. The summed E-state index contributed by atoms with van der Waals surface area (Å²) < 4.78 is 0. The van der Waals surface area contributed by atoms with Gasteiger partial charge in [0.2, 0.25) is 0 Å². The van der Waals surface area contributed by atoms with Gasteiger partial charge in [0.15, 0.2) is 6.29 Å². The lowest BCUT2D eigenvalue weighted by molar-refractivity contribution is -0.102. The van der Waals surface area contributed by atoms with E-state index in [9.17, 15) is 4.79 Å². The Balaban J connectivity index is 3.20. The van der Waals surface area contributed by atoms with Gasteiger partial charge < -0.3 is 11.6 Å². The maximum atomic E-state index is 10.7. The molecule has 100 valence electrons. The Morgan fingerprint density at radius 2 is 2.21 bits per heavy atom. The number of nitrogens with zero attached hydrogens (tertiary/aromatic N) is 3. The molecule has 6 nitrogen and oxygen atoms in total. The van der Waals surface area contributed by atoms with Crippen molar-refractivity contribution in [2.24, 2.45) is 21.7 Å². The van der Waals surface area contributed by atoms with Crippen LogP contribution in [0.3, 0.4) is 0 Å². The van der Waals surface area contributed by atoms with Crippen molar-refractivity contribution < 1.29 is 4.79 Å². The lowest BCUT2D eigenvalue weighted by Crippen LogP contribution is -2.09.